The van der Waals surface area contributed by atoms with E-state index in [0.717, 1.165) is 24.8 Å². The molecule has 1 aromatic heterocycles. The van der Waals surface area contributed by atoms with E-state index in [9.17, 15) is 19.2 Å². The molecule has 10 heteroatoms. The SMILES string of the molecule is CC(C)C[C@H](NC(=O)OCc1ccccc1)C(=O)N[C@@H](CC(C)C)C(=O)c1nn(CC2CCC2)c(=O)o1. The Balaban J connectivity index is 1.67. The standard InChI is InChI=1S/C27H38N4O6/c1-17(2)13-21(23(32)25-30-31(27(35)37-25)15-19-11-8-12-19)28-24(33)22(14-18(3)4)29-26(34)36-16-20-9-6-5-7-10-20/h5-7,9-10,17-19,21-22H,8,11-16H2,1-4H3,(H,28,33)(H,29,34)/t21-,22-/m0/s1. The first-order valence-electron chi connectivity index (χ1n) is 13.0. The predicted octanol–water partition coefficient (Wildman–Crippen LogP) is 3.69. The minimum atomic E-state index is -0.959. The number of benzene rings is 1. The van der Waals surface area contributed by atoms with E-state index < -0.39 is 35.6 Å². The molecule has 0 aliphatic heterocycles. The highest BCUT2D eigenvalue weighted by Gasteiger charge is 2.32. The average molecular weight is 515 g/mol. The van der Waals surface area contributed by atoms with Crippen molar-refractivity contribution in [3.8, 4) is 0 Å². The number of amides is 2. The van der Waals surface area contributed by atoms with Gasteiger partial charge in [0, 0.05) is 0 Å². The van der Waals surface area contributed by atoms with Gasteiger partial charge in [-0.25, -0.2) is 9.59 Å². The second-order valence-corrected chi connectivity index (χ2v) is 10.6. The Morgan fingerprint density at radius 3 is 2.27 bits per heavy atom. The molecule has 37 heavy (non-hydrogen) atoms. The molecule has 1 heterocycles. The highest BCUT2D eigenvalue weighted by molar-refractivity contribution is 5.99. The summed E-state index contributed by atoms with van der Waals surface area (Å²) in [7, 11) is 0. The lowest BCUT2D eigenvalue weighted by molar-refractivity contribution is -0.124. The molecular weight excluding hydrogens is 476 g/mol. The Kier molecular flexibility index (Phi) is 10.0. The molecule has 0 saturated heterocycles. The number of nitrogens with one attached hydrogen (secondary N) is 2. The van der Waals surface area contributed by atoms with Gasteiger partial charge >= 0.3 is 11.8 Å². The molecule has 2 N–H and O–H groups in total. The van der Waals surface area contributed by atoms with Gasteiger partial charge in [-0.15, -0.1) is 5.10 Å². The lowest BCUT2D eigenvalue weighted by atomic mass is 9.86. The molecule has 1 aromatic carbocycles. The van der Waals surface area contributed by atoms with Gasteiger partial charge in [0.1, 0.15) is 12.6 Å². The van der Waals surface area contributed by atoms with E-state index in [1.54, 1.807) is 0 Å². The number of hydrogen-bond acceptors (Lipinski definition) is 7. The zero-order valence-corrected chi connectivity index (χ0v) is 22.1. The van der Waals surface area contributed by atoms with Crippen molar-refractivity contribution in [3.63, 3.8) is 0 Å². The molecule has 2 amide bonds. The van der Waals surface area contributed by atoms with E-state index in [1.807, 2.05) is 58.0 Å². The van der Waals surface area contributed by atoms with Crippen LogP contribution < -0.4 is 16.4 Å². The summed E-state index contributed by atoms with van der Waals surface area (Å²) < 4.78 is 11.6. The third kappa shape index (κ3) is 8.58. The van der Waals surface area contributed by atoms with Crippen LogP contribution in [0.4, 0.5) is 4.79 Å². The fourth-order valence-electron chi connectivity index (χ4n) is 4.18. The molecule has 2 atom stereocenters. The topological polar surface area (TPSA) is 133 Å². The normalized spacial score (nSPS) is 15.2. The zero-order chi connectivity index (χ0) is 26.9. The second-order valence-electron chi connectivity index (χ2n) is 10.6. The molecule has 0 unspecified atom stereocenters. The molecule has 0 spiro atoms. The molecule has 1 fully saturated rings. The predicted molar refractivity (Wildman–Crippen MR) is 137 cm³/mol. The summed E-state index contributed by atoms with van der Waals surface area (Å²) >= 11 is 0. The van der Waals surface area contributed by atoms with Crippen molar-refractivity contribution in [2.45, 2.75) is 85.0 Å². The van der Waals surface area contributed by atoms with Crippen molar-refractivity contribution in [1.82, 2.24) is 20.4 Å². The Morgan fingerprint density at radius 1 is 1.03 bits per heavy atom. The number of ketones is 1. The summed E-state index contributed by atoms with van der Waals surface area (Å²) in [6.45, 7) is 8.18. The molecule has 10 nitrogen and oxygen atoms in total. The minimum Gasteiger partial charge on any atom is -0.445 e. The smallest absolute Gasteiger partial charge is 0.437 e. The molecule has 1 saturated carbocycles. The van der Waals surface area contributed by atoms with Crippen molar-refractivity contribution < 1.29 is 23.5 Å². The Hall–Kier alpha value is -3.43. The maximum Gasteiger partial charge on any atom is 0.437 e. The molecule has 2 aromatic rings. The molecule has 202 valence electrons. The van der Waals surface area contributed by atoms with Crippen molar-refractivity contribution in [1.29, 1.82) is 0 Å². The van der Waals surface area contributed by atoms with Gasteiger partial charge in [0.15, 0.2) is 0 Å². The minimum absolute atomic E-state index is 0.0605. The Bertz CT molecular complexity index is 1100. The summed E-state index contributed by atoms with van der Waals surface area (Å²) in [5.74, 6) is -1.56. The highest BCUT2D eigenvalue weighted by Crippen LogP contribution is 2.27. The van der Waals surface area contributed by atoms with Gasteiger partial charge in [-0.3, -0.25) is 9.59 Å². The summed E-state index contributed by atoms with van der Waals surface area (Å²) in [6, 6.07) is 7.35. The third-order valence-electron chi connectivity index (χ3n) is 6.34. The van der Waals surface area contributed by atoms with Gasteiger partial charge in [0.05, 0.1) is 12.6 Å². The number of Topliss-reactive ketones (excluding diaryl/α,β-unsaturated/α-hetero) is 1. The third-order valence-corrected chi connectivity index (χ3v) is 6.34. The highest BCUT2D eigenvalue weighted by atomic mass is 16.5. The number of aromatic nitrogens is 2. The van der Waals surface area contributed by atoms with E-state index in [4.69, 9.17) is 9.15 Å². The molecule has 1 aliphatic carbocycles. The molecule has 0 bridgehead atoms. The molecule has 3 rings (SSSR count). The maximum atomic E-state index is 13.2. The second kappa shape index (κ2) is 13.2. The van der Waals surface area contributed by atoms with Crippen LogP contribution in [-0.2, 0) is 22.7 Å². The number of ether oxygens (including phenoxy) is 1. The van der Waals surface area contributed by atoms with Gasteiger partial charge in [0.25, 0.3) is 5.89 Å². The van der Waals surface area contributed by atoms with Crippen molar-refractivity contribution in [3.05, 3.63) is 52.3 Å². The zero-order valence-electron chi connectivity index (χ0n) is 22.1. The lowest BCUT2D eigenvalue weighted by Crippen LogP contribution is -2.52. The van der Waals surface area contributed by atoms with Crippen molar-refractivity contribution in [2.24, 2.45) is 17.8 Å². The molecule has 0 radical (unpaired) electrons. The number of nitrogens with zero attached hydrogens (tertiary/aromatic N) is 2. The van der Waals surface area contributed by atoms with E-state index in [1.165, 1.54) is 4.68 Å². The first-order chi connectivity index (χ1) is 17.6. The van der Waals surface area contributed by atoms with E-state index in [0.29, 0.717) is 25.3 Å². The van der Waals surface area contributed by atoms with Crippen LogP contribution in [0.15, 0.2) is 39.5 Å². The van der Waals surface area contributed by atoms with E-state index in [2.05, 4.69) is 15.7 Å². The fraction of sp³-hybridized carbons (Fsp3) is 0.593. The first kappa shape index (κ1) is 28.1. The first-order valence-corrected chi connectivity index (χ1v) is 13.0. The largest absolute Gasteiger partial charge is 0.445 e. The summed E-state index contributed by atoms with van der Waals surface area (Å²) in [5.41, 5.74) is 0.823. The van der Waals surface area contributed by atoms with Crippen LogP contribution >= 0.6 is 0 Å². The van der Waals surface area contributed by atoms with Gasteiger partial charge in [-0.1, -0.05) is 64.4 Å². The fourth-order valence-corrected chi connectivity index (χ4v) is 4.18. The molecular formula is C27H38N4O6. The summed E-state index contributed by atoms with van der Waals surface area (Å²) in [4.78, 5) is 51.2. The Labute approximate surface area is 217 Å². The maximum absolute atomic E-state index is 13.2. The molecule has 1 aliphatic rings. The van der Waals surface area contributed by atoms with Gasteiger partial charge < -0.3 is 19.8 Å². The van der Waals surface area contributed by atoms with Gasteiger partial charge in [-0.05, 0) is 49.0 Å². The number of hydrogen-bond donors (Lipinski definition) is 2. The van der Waals surface area contributed by atoms with Crippen molar-refractivity contribution in [2.75, 3.05) is 0 Å². The van der Waals surface area contributed by atoms with E-state index in [-0.39, 0.29) is 24.3 Å². The van der Waals surface area contributed by atoms with Gasteiger partial charge in [-0.2, -0.15) is 4.68 Å². The monoisotopic (exact) mass is 514 g/mol. The number of carbonyl (C=O) groups is 3. The van der Waals surface area contributed by atoms with Crippen LogP contribution in [0.5, 0.6) is 0 Å². The van der Waals surface area contributed by atoms with Crippen LogP contribution in [0.3, 0.4) is 0 Å². The van der Waals surface area contributed by atoms with Crippen LogP contribution in [0.2, 0.25) is 0 Å². The van der Waals surface area contributed by atoms with Crippen molar-refractivity contribution >= 4 is 17.8 Å². The number of alkyl carbamates (subject to hydrolysis) is 1. The number of rotatable bonds is 13. The van der Waals surface area contributed by atoms with Gasteiger partial charge in [0.2, 0.25) is 11.7 Å². The summed E-state index contributed by atoms with van der Waals surface area (Å²) in [6.07, 6.45) is 3.10. The number of carbonyl (C=O) groups excluding carboxylic acids is 3. The van der Waals surface area contributed by atoms with Crippen LogP contribution in [-0.4, -0.2) is 39.6 Å². The van der Waals surface area contributed by atoms with Crippen LogP contribution in [0.1, 0.15) is 76.0 Å². The lowest BCUT2D eigenvalue weighted by Gasteiger charge is -2.24. The quantitative estimate of drug-likeness (QED) is 0.390. The van der Waals surface area contributed by atoms with E-state index >= 15 is 0 Å². The average Bonchev–Trinajstić information content (AvgIpc) is 3.19. The Morgan fingerprint density at radius 2 is 1.68 bits per heavy atom. The van der Waals surface area contributed by atoms with Crippen LogP contribution in [0.25, 0.3) is 0 Å². The summed E-state index contributed by atoms with van der Waals surface area (Å²) in [5, 5.41) is 9.49. The van der Waals surface area contributed by atoms with Crippen LogP contribution in [0, 0.1) is 17.8 Å².